The van der Waals surface area contributed by atoms with Crippen LogP contribution in [0.3, 0.4) is 0 Å². The van der Waals surface area contributed by atoms with Gasteiger partial charge in [0.15, 0.2) is 11.5 Å². The summed E-state index contributed by atoms with van der Waals surface area (Å²) >= 11 is 0. The third kappa shape index (κ3) is 7.64. The van der Waals surface area contributed by atoms with Crippen LogP contribution in [0.1, 0.15) is 40.9 Å². The Bertz CT molecular complexity index is 1430. The van der Waals surface area contributed by atoms with E-state index >= 15 is 0 Å². The largest absolute Gasteiger partial charge is 0.493 e. The standard InChI is InChI=1S/C34H38N2O6/c1-24-22-25(2)36-33(35-24)42-31(32(37)38)34(28-15-9-6-10-16-28,20-11-14-26-12-7-5-8-13-26)41-21-19-27-17-18-29(39-3)30(23-27)40-4/h5-10,12-13,15-18,22-23,31H,11,14,19-21H2,1-4H3,(H,37,38). The smallest absolute Gasteiger partial charge is 0.348 e. The maximum atomic E-state index is 13.0. The summed E-state index contributed by atoms with van der Waals surface area (Å²) < 4.78 is 23.7. The van der Waals surface area contributed by atoms with Gasteiger partial charge >= 0.3 is 12.0 Å². The summed E-state index contributed by atoms with van der Waals surface area (Å²) in [6.45, 7) is 3.87. The van der Waals surface area contributed by atoms with Crippen LogP contribution in [0.25, 0.3) is 0 Å². The normalized spacial score (nSPS) is 13.1. The highest BCUT2D eigenvalue weighted by Crippen LogP contribution is 2.38. The summed E-state index contributed by atoms with van der Waals surface area (Å²) in [4.78, 5) is 21.8. The molecule has 0 radical (unpaired) electrons. The summed E-state index contributed by atoms with van der Waals surface area (Å²) in [5.74, 6) is 0.0906. The number of nitrogens with zero attached hydrogens (tertiary/aromatic N) is 2. The monoisotopic (exact) mass is 570 g/mol. The molecule has 4 aromatic rings. The molecule has 1 heterocycles. The van der Waals surface area contributed by atoms with Crippen LogP contribution in [0.4, 0.5) is 0 Å². The minimum absolute atomic E-state index is 0.00626. The number of methoxy groups -OCH3 is 2. The molecule has 0 amide bonds. The molecule has 0 saturated carbocycles. The van der Waals surface area contributed by atoms with E-state index in [1.54, 1.807) is 14.2 Å². The maximum Gasteiger partial charge on any atom is 0.348 e. The Kier molecular flexibility index (Phi) is 10.5. The van der Waals surface area contributed by atoms with E-state index in [1.165, 1.54) is 0 Å². The van der Waals surface area contributed by atoms with Crippen molar-refractivity contribution in [3.05, 3.63) is 113 Å². The Hall–Kier alpha value is -4.43. The number of hydrogen-bond acceptors (Lipinski definition) is 7. The third-order valence-corrected chi connectivity index (χ3v) is 7.15. The van der Waals surface area contributed by atoms with Crippen molar-refractivity contribution in [1.82, 2.24) is 9.97 Å². The van der Waals surface area contributed by atoms with Crippen molar-refractivity contribution in [2.75, 3.05) is 20.8 Å². The topological polar surface area (TPSA) is 100 Å². The van der Waals surface area contributed by atoms with Crippen LogP contribution >= 0.6 is 0 Å². The zero-order valence-corrected chi connectivity index (χ0v) is 24.6. The van der Waals surface area contributed by atoms with Crippen molar-refractivity contribution < 1.29 is 28.8 Å². The number of rotatable bonds is 15. The van der Waals surface area contributed by atoms with Gasteiger partial charge < -0.3 is 24.1 Å². The fourth-order valence-electron chi connectivity index (χ4n) is 5.16. The number of benzene rings is 3. The van der Waals surface area contributed by atoms with Crippen LogP contribution in [-0.2, 0) is 28.0 Å². The Morgan fingerprint density at radius 3 is 2.07 bits per heavy atom. The molecule has 2 atom stereocenters. The van der Waals surface area contributed by atoms with Gasteiger partial charge in [0.1, 0.15) is 5.60 Å². The van der Waals surface area contributed by atoms with Gasteiger partial charge in [0, 0.05) is 11.4 Å². The number of carbonyl (C=O) groups is 1. The average molecular weight is 571 g/mol. The lowest BCUT2D eigenvalue weighted by molar-refractivity contribution is -0.173. The highest BCUT2D eigenvalue weighted by atomic mass is 16.6. The minimum atomic E-state index is -1.41. The number of hydrogen-bond donors (Lipinski definition) is 1. The van der Waals surface area contributed by atoms with Gasteiger partial charge in [0.2, 0.25) is 6.10 Å². The predicted octanol–water partition coefficient (Wildman–Crippen LogP) is 6.12. The summed E-state index contributed by atoms with van der Waals surface area (Å²) in [5, 5.41) is 10.6. The lowest BCUT2D eigenvalue weighted by Crippen LogP contribution is -2.51. The Balaban J connectivity index is 1.71. The highest BCUT2D eigenvalue weighted by molar-refractivity contribution is 5.75. The van der Waals surface area contributed by atoms with Crippen LogP contribution in [0.5, 0.6) is 17.5 Å². The molecule has 4 rings (SSSR count). The van der Waals surface area contributed by atoms with Gasteiger partial charge in [-0.05, 0) is 74.4 Å². The van der Waals surface area contributed by atoms with Gasteiger partial charge in [-0.1, -0.05) is 66.7 Å². The first-order valence-electron chi connectivity index (χ1n) is 14.0. The second kappa shape index (κ2) is 14.5. The van der Waals surface area contributed by atoms with Crippen molar-refractivity contribution in [3.63, 3.8) is 0 Å². The Labute approximate surface area is 247 Å². The fraction of sp³-hybridized carbons (Fsp3) is 0.324. The molecule has 8 nitrogen and oxygen atoms in total. The number of carboxylic acids is 1. The van der Waals surface area contributed by atoms with Gasteiger partial charge in [-0.3, -0.25) is 0 Å². The van der Waals surface area contributed by atoms with Crippen molar-refractivity contribution in [2.24, 2.45) is 0 Å². The first kappa shape index (κ1) is 30.5. The zero-order chi connectivity index (χ0) is 30.0. The molecule has 0 saturated heterocycles. The molecule has 8 heteroatoms. The van der Waals surface area contributed by atoms with Crippen LogP contribution in [-0.4, -0.2) is 48.0 Å². The SMILES string of the molecule is COc1ccc(CCOC(CCCc2ccccc2)(c2ccccc2)C(Oc2nc(C)cc(C)n2)C(=O)O)cc1OC. The van der Waals surface area contributed by atoms with Gasteiger partial charge in [0.05, 0.1) is 20.8 Å². The van der Waals surface area contributed by atoms with Crippen LogP contribution < -0.4 is 14.2 Å². The quantitative estimate of drug-likeness (QED) is 0.183. The lowest BCUT2D eigenvalue weighted by Gasteiger charge is -2.38. The number of aliphatic carboxylic acids is 1. The van der Waals surface area contributed by atoms with E-state index in [0.717, 1.165) is 17.5 Å². The molecule has 0 aliphatic carbocycles. The van der Waals surface area contributed by atoms with E-state index in [0.29, 0.717) is 47.7 Å². The molecule has 0 aliphatic heterocycles. The molecule has 42 heavy (non-hydrogen) atoms. The Morgan fingerprint density at radius 2 is 1.45 bits per heavy atom. The van der Waals surface area contributed by atoms with E-state index in [2.05, 4.69) is 22.1 Å². The zero-order valence-electron chi connectivity index (χ0n) is 24.6. The van der Waals surface area contributed by atoms with E-state index in [-0.39, 0.29) is 12.6 Å². The molecule has 1 N–H and O–H groups in total. The van der Waals surface area contributed by atoms with Gasteiger partial charge in [-0.15, -0.1) is 0 Å². The molecular weight excluding hydrogens is 532 g/mol. The van der Waals surface area contributed by atoms with Crippen LogP contribution in [0.2, 0.25) is 0 Å². The fourth-order valence-corrected chi connectivity index (χ4v) is 5.16. The molecule has 0 bridgehead atoms. The maximum absolute atomic E-state index is 13.0. The molecule has 2 unspecified atom stereocenters. The molecule has 220 valence electrons. The number of aryl methyl sites for hydroxylation is 3. The summed E-state index contributed by atoms with van der Waals surface area (Å²) in [6.07, 6.45) is 0.901. The van der Waals surface area contributed by atoms with Crippen molar-refractivity contribution in [3.8, 4) is 17.5 Å². The Morgan fingerprint density at radius 1 is 0.810 bits per heavy atom. The predicted molar refractivity (Wildman–Crippen MR) is 160 cm³/mol. The molecule has 0 spiro atoms. The van der Waals surface area contributed by atoms with Crippen molar-refractivity contribution >= 4 is 5.97 Å². The van der Waals surface area contributed by atoms with E-state index in [1.807, 2.05) is 86.6 Å². The number of ether oxygens (including phenoxy) is 4. The van der Waals surface area contributed by atoms with Crippen molar-refractivity contribution in [1.29, 1.82) is 0 Å². The van der Waals surface area contributed by atoms with Crippen LogP contribution in [0, 0.1) is 13.8 Å². The molecule has 0 aliphatic rings. The van der Waals surface area contributed by atoms with Gasteiger partial charge in [-0.2, -0.15) is 0 Å². The summed E-state index contributed by atoms with van der Waals surface area (Å²) in [6, 6.07) is 27.1. The molecular formula is C34H38N2O6. The molecule has 1 aromatic heterocycles. The van der Waals surface area contributed by atoms with E-state index in [9.17, 15) is 9.90 Å². The third-order valence-electron chi connectivity index (χ3n) is 7.15. The highest BCUT2D eigenvalue weighted by Gasteiger charge is 2.48. The average Bonchev–Trinajstić information content (AvgIpc) is 2.99. The second-order valence-corrected chi connectivity index (χ2v) is 10.2. The second-order valence-electron chi connectivity index (χ2n) is 10.2. The lowest BCUT2D eigenvalue weighted by atomic mass is 9.82. The first-order chi connectivity index (χ1) is 20.3. The minimum Gasteiger partial charge on any atom is -0.493 e. The van der Waals surface area contributed by atoms with Gasteiger partial charge in [-0.25, -0.2) is 14.8 Å². The molecule has 0 fully saturated rings. The number of carboxylic acid groups (broad SMARTS) is 1. The number of aromatic nitrogens is 2. The van der Waals surface area contributed by atoms with E-state index < -0.39 is 17.7 Å². The van der Waals surface area contributed by atoms with E-state index in [4.69, 9.17) is 18.9 Å². The summed E-state index contributed by atoms with van der Waals surface area (Å²) in [7, 11) is 3.19. The molecule has 3 aromatic carbocycles. The first-order valence-corrected chi connectivity index (χ1v) is 14.0. The van der Waals surface area contributed by atoms with Crippen LogP contribution in [0.15, 0.2) is 84.9 Å². The van der Waals surface area contributed by atoms with Crippen molar-refractivity contribution in [2.45, 2.75) is 51.2 Å². The summed E-state index contributed by atoms with van der Waals surface area (Å²) in [5.41, 5.74) is 2.87. The van der Waals surface area contributed by atoms with Gasteiger partial charge in [0.25, 0.3) is 0 Å².